The number of benzene rings is 1. The lowest BCUT2D eigenvalue weighted by molar-refractivity contribution is -0.385. The van der Waals surface area contributed by atoms with Gasteiger partial charge < -0.3 is 5.32 Å². The Kier molecular flexibility index (Phi) is 2.90. The molecule has 0 spiro atoms. The molecular formula is C10H11BrN2O2. The van der Waals surface area contributed by atoms with Crippen LogP contribution in [0.2, 0.25) is 0 Å². The predicted octanol–water partition coefficient (Wildman–Crippen LogP) is 3.32. The normalized spacial score (nSPS) is 15.8. The molecule has 15 heavy (non-hydrogen) atoms. The van der Waals surface area contributed by atoms with E-state index in [0.717, 1.165) is 5.69 Å². The molecule has 0 saturated heterocycles. The summed E-state index contributed by atoms with van der Waals surface area (Å²) in [6.45, 7) is 0. The molecule has 1 aliphatic rings. The molecule has 0 bridgehead atoms. The summed E-state index contributed by atoms with van der Waals surface area (Å²) in [7, 11) is 0. The summed E-state index contributed by atoms with van der Waals surface area (Å²) >= 11 is 3.20. The molecule has 1 aliphatic carbocycles. The molecule has 0 atom stereocenters. The van der Waals surface area contributed by atoms with E-state index in [4.69, 9.17) is 0 Å². The van der Waals surface area contributed by atoms with Crippen molar-refractivity contribution >= 4 is 27.3 Å². The van der Waals surface area contributed by atoms with Gasteiger partial charge in [-0.15, -0.1) is 0 Å². The molecule has 0 radical (unpaired) electrons. The van der Waals surface area contributed by atoms with Crippen LogP contribution in [0, 0.1) is 10.1 Å². The van der Waals surface area contributed by atoms with E-state index < -0.39 is 4.92 Å². The predicted molar refractivity (Wildman–Crippen MR) is 62.1 cm³/mol. The first kappa shape index (κ1) is 10.4. The zero-order valence-corrected chi connectivity index (χ0v) is 9.66. The summed E-state index contributed by atoms with van der Waals surface area (Å²) in [6.07, 6.45) is 3.65. The number of rotatable bonds is 3. The van der Waals surface area contributed by atoms with Gasteiger partial charge in [0.2, 0.25) is 0 Å². The van der Waals surface area contributed by atoms with Crippen LogP contribution >= 0.6 is 15.9 Å². The van der Waals surface area contributed by atoms with Crippen LogP contribution in [0.4, 0.5) is 11.4 Å². The van der Waals surface area contributed by atoms with Gasteiger partial charge in [-0.05, 0) is 47.3 Å². The van der Waals surface area contributed by atoms with Crippen molar-refractivity contribution in [2.75, 3.05) is 5.32 Å². The van der Waals surface area contributed by atoms with Gasteiger partial charge in [0, 0.05) is 17.8 Å². The first-order valence-corrected chi connectivity index (χ1v) is 5.66. The minimum Gasteiger partial charge on any atom is -0.382 e. The maximum Gasteiger partial charge on any atom is 0.283 e. The van der Waals surface area contributed by atoms with Crippen molar-refractivity contribution < 1.29 is 4.92 Å². The van der Waals surface area contributed by atoms with Crippen molar-refractivity contribution in [1.29, 1.82) is 0 Å². The molecule has 0 unspecified atom stereocenters. The molecule has 1 saturated carbocycles. The fourth-order valence-corrected chi connectivity index (χ4v) is 2.06. The summed E-state index contributed by atoms with van der Waals surface area (Å²) in [5, 5.41) is 13.9. The average molecular weight is 271 g/mol. The fourth-order valence-electron chi connectivity index (χ4n) is 1.53. The SMILES string of the molecule is O=[N+]([O-])c1ccc(NC2CCC2)cc1Br. The van der Waals surface area contributed by atoms with Crippen molar-refractivity contribution in [2.24, 2.45) is 0 Å². The highest BCUT2D eigenvalue weighted by Crippen LogP contribution is 2.30. The van der Waals surface area contributed by atoms with Gasteiger partial charge in [-0.3, -0.25) is 10.1 Å². The van der Waals surface area contributed by atoms with E-state index in [1.165, 1.54) is 25.3 Å². The molecule has 1 aromatic rings. The molecule has 0 aromatic heterocycles. The second kappa shape index (κ2) is 4.18. The zero-order valence-electron chi connectivity index (χ0n) is 8.07. The van der Waals surface area contributed by atoms with Crippen LogP contribution in [0.5, 0.6) is 0 Å². The van der Waals surface area contributed by atoms with Gasteiger partial charge in [0.25, 0.3) is 5.69 Å². The number of nitro benzene ring substituents is 1. The van der Waals surface area contributed by atoms with Crippen LogP contribution in [-0.2, 0) is 0 Å². The molecular weight excluding hydrogens is 260 g/mol. The number of hydrogen-bond acceptors (Lipinski definition) is 3. The van der Waals surface area contributed by atoms with Crippen LogP contribution in [0.3, 0.4) is 0 Å². The van der Waals surface area contributed by atoms with Gasteiger partial charge in [-0.1, -0.05) is 0 Å². The Balaban J connectivity index is 2.13. The second-order valence-corrected chi connectivity index (χ2v) is 4.55. The molecule has 4 nitrogen and oxygen atoms in total. The van der Waals surface area contributed by atoms with Crippen molar-refractivity contribution in [3.63, 3.8) is 0 Å². The fraction of sp³-hybridized carbons (Fsp3) is 0.400. The third-order valence-corrected chi connectivity index (χ3v) is 3.26. The van der Waals surface area contributed by atoms with Gasteiger partial charge in [0.05, 0.1) is 9.40 Å². The topological polar surface area (TPSA) is 55.2 Å². The zero-order chi connectivity index (χ0) is 10.8. The summed E-state index contributed by atoms with van der Waals surface area (Å²) in [4.78, 5) is 10.2. The second-order valence-electron chi connectivity index (χ2n) is 3.70. The highest BCUT2D eigenvalue weighted by molar-refractivity contribution is 9.10. The van der Waals surface area contributed by atoms with Crippen LogP contribution < -0.4 is 5.32 Å². The lowest BCUT2D eigenvalue weighted by Crippen LogP contribution is -2.26. The Morgan fingerprint density at radius 3 is 2.67 bits per heavy atom. The molecule has 80 valence electrons. The largest absolute Gasteiger partial charge is 0.382 e. The summed E-state index contributed by atoms with van der Waals surface area (Å²) in [5.41, 5.74) is 1.05. The smallest absolute Gasteiger partial charge is 0.283 e. The van der Waals surface area contributed by atoms with E-state index in [1.54, 1.807) is 12.1 Å². The Morgan fingerprint density at radius 1 is 1.47 bits per heavy atom. The lowest BCUT2D eigenvalue weighted by atomic mass is 9.93. The highest BCUT2D eigenvalue weighted by Gasteiger charge is 2.18. The number of hydrogen-bond donors (Lipinski definition) is 1. The number of halogens is 1. The van der Waals surface area contributed by atoms with E-state index in [-0.39, 0.29) is 5.69 Å². The first-order chi connectivity index (χ1) is 7.16. The Hall–Kier alpha value is -1.10. The Labute approximate surface area is 96.0 Å². The molecule has 0 heterocycles. The van der Waals surface area contributed by atoms with Crippen molar-refractivity contribution in [3.8, 4) is 0 Å². The molecule has 1 fully saturated rings. The lowest BCUT2D eigenvalue weighted by Gasteiger charge is -2.27. The van der Waals surface area contributed by atoms with Gasteiger partial charge >= 0.3 is 0 Å². The van der Waals surface area contributed by atoms with E-state index in [9.17, 15) is 10.1 Å². The summed E-state index contributed by atoms with van der Waals surface area (Å²) < 4.78 is 0.525. The molecule has 1 aromatic carbocycles. The number of nitrogens with one attached hydrogen (secondary N) is 1. The Bertz CT molecular complexity index is 391. The van der Waals surface area contributed by atoms with Crippen LogP contribution in [0.15, 0.2) is 22.7 Å². The maximum absolute atomic E-state index is 10.6. The third-order valence-electron chi connectivity index (χ3n) is 2.62. The number of nitrogens with zero attached hydrogens (tertiary/aromatic N) is 1. The summed E-state index contributed by atoms with van der Waals surface area (Å²) in [6, 6.07) is 5.57. The molecule has 1 N–H and O–H groups in total. The third kappa shape index (κ3) is 2.28. The number of anilines is 1. The molecule has 2 rings (SSSR count). The minimum atomic E-state index is -0.392. The van der Waals surface area contributed by atoms with Gasteiger partial charge in [0.15, 0.2) is 0 Å². The van der Waals surface area contributed by atoms with E-state index >= 15 is 0 Å². The van der Waals surface area contributed by atoms with E-state index in [2.05, 4.69) is 21.2 Å². The quantitative estimate of drug-likeness (QED) is 0.677. The monoisotopic (exact) mass is 270 g/mol. The van der Waals surface area contributed by atoms with E-state index in [0.29, 0.717) is 10.5 Å². The van der Waals surface area contributed by atoms with Crippen LogP contribution in [0.1, 0.15) is 19.3 Å². The highest BCUT2D eigenvalue weighted by atomic mass is 79.9. The first-order valence-electron chi connectivity index (χ1n) is 4.87. The van der Waals surface area contributed by atoms with Gasteiger partial charge in [-0.25, -0.2) is 0 Å². The van der Waals surface area contributed by atoms with Gasteiger partial charge in [0.1, 0.15) is 0 Å². The van der Waals surface area contributed by atoms with Crippen molar-refractivity contribution in [1.82, 2.24) is 0 Å². The molecule has 0 amide bonds. The maximum atomic E-state index is 10.6. The Morgan fingerprint density at radius 2 is 2.20 bits per heavy atom. The average Bonchev–Trinajstić information content (AvgIpc) is 2.11. The van der Waals surface area contributed by atoms with E-state index in [1.807, 2.05) is 0 Å². The van der Waals surface area contributed by atoms with Crippen molar-refractivity contribution in [2.45, 2.75) is 25.3 Å². The van der Waals surface area contributed by atoms with Crippen molar-refractivity contribution in [3.05, 3.63) is 32.8 Å². The summed E-state index contributed by atoms with van der Waals surface area (Å²) in [5.74, 6) is 0. The van der Waals surface area contributed by atoms with Crippen LogP contribution in [0.25, 0.3) is 0 Å². The molecule has 5 heteroatoms. The number of nitro groups is 1. The van der Waals surface area contributed by atoms with Crippen LogP contribution in [-0.4, -0.2) is 11.0 Å². The van der Waals surface area contributed by atoms with Gasteiger partial charge in [-0.2, -0.15) is 0 Å². The standard InChI is InChI=1S/C10H11BrN2O2/c11-9-6-8(12-7-2-1-3-7)4-5-10(9)13(14)15/h4-7,12H,1-3H2. The molecule has 0 aliphatic heterocycles. The minimum absolute atomic E-state index is 0.106.